The Morgan fingerprint density at radius 1 is 0.976 bits per heavy atom. The highest BCUT2D eigenvalue weighted by Crippen LogP contribution is 2.30. The first kappa shape index (κ1) is 27.1. The summed E-state index contributed by atoms with van der Waals surface area (Å²) in [6.45, 7) is 8.16. The van der Waals surface area contributed by atoms with Crippen molar-refractivity contribution in [2.45, 2.75) is 26.4 Å². The number of nitrogens with zero attached hydrogens (tertiary/aromatic N) is 9. The molecule has 0 aliphatic carbocycles. The van der Waals surface area contributed by atoms with Crippen molar-refractivity contribution in [1.82, 2.24) is 38.9 Å². The first-order chi connectivity index (χ1) is 19.9. The second-order valence-corrected chi connectivity index (χ2v) is 10.3. The van der Waals surface area contributed by atoms with Crippen LogP contribution in [0.4, 0.5) is 5.82 Å². The molecule has 2 fully saturated rings. The molecular formula is C28H35N9O4. The van der Waals surface area contributed by atoms with Crippen LogP contribution in [0.1, 0.15) is 42.8 Å². The zero-order valence-electron chi connectivity index (χ0n) is 23.9. The van der Waals surface area contributed by atoms with Gasteiger partial charge in [-0.2, -0.15) is 9.97 Å². The number of benzene rings is 1. The lowest BCUT2D eigenvalue weighted by molar-refractivity contribution is -0.132. The molecule has 0 saturated carbocycles. The van der Waals surface area contributed by atoms with E-state index in [4.69, 9.17) is 29.4 Å². The number of piperazine rings is 1. The van der Waals surface area contributed by atoms with Crippen molar-refractivity contribution in [1.29, 1.82) is 0 Å². The molecule has 1 atom stereocenters. The third-order valence-corrected chi connectivity index (χ3v) is 7.92. The number of para-hydroxylation sites is 2. The highest BCUT2D eigenvalue weighted by Gasteiger charge is 2.30. The third kappa shape index (κ3) is 4.78. The maximum absolute atomic E-state index is 13.7. The molecule has 0 unspecified atom stereocenters. The number of carbonyl (C=O) groups excluding carboxylic acids is 2. The van der Waals surface area contributed by atoms with Gasteiger partial charge in [0.05, 0.1) is 24.2 Å². The standard InChI is InChI=1S/C28H35N9O4/c1-5-21(38)34-10-12-36(13-11-34)27(39)26-30-22-24(33(26)3)31-28(32-25(22)35-14-16-41-17-15-35)37-20-9-7-6-8-19(20)29-23(37)18(2)40-4/h6-9,18H,5,10-17H2,1-4H3/t18-/m0/s1. The van der Waals surface area contributed by atoms with Gasteiger partial charge in [-0.15, -0.1) is 0 Å². The fourth-order valence-electron chi connectivity index (χ4n) is 5.48. The van der Waals surface area contributed by atoms with E-state index in [2.05, 4.69) is 4.90 Å². The van der Waals surface area contributed by atoms with Crippen LogP contribution < -0.4 is 4.90 Å². The average molecular weight is 562 g/mol. The number of methoxy groups -OCH3 is 1. The molecule has 2 amide bonds. The van der Waals surface area contributed by atoms with Crippen LogP contribution in [0.25, 0.3) is 28.1 Å². The molecule has 13 nitrogen and oxygen atoms in total. The van der Waals surface area contributed by atoms with Crippen LogP contribution in [-0.2, 0) is 21.3 Å². The summed E-state index contributed by atoms with van der Waals surface area (Å²) in [6.07, 6.45) is 0.150. The Kier molecular flexibility index (Phi) is 7.30. The summed E-state index contributed by atoms with van der Waals surface area (Å²) in [4.78, 5) is 51.2. The number of fused-ring (bicyclic) bond motifs is 2. The topological polar surface area (TPSA) is 124 Å². The normalized spacial score (nSPS) is 17.0. The molecule has 1 aromatic carbocycles. The quantitative estimate of drug-likeness (QED) is 0.347. The molecule has 0 spiro atoms. The van der Waals surface area contributed by atoms with Gasteiger partial charge < -0.3 is 28.7 Å². The minimum absolute atomic E-state index is 0.104. The highest BCUT2D eigenvalue weighted by atomic mass is 16.5. The molecule has 2 aliphatic rings. The van der Waals surface area contributed by atoms with E-state index in [1.165, 1.54) is 0 Å². The predicted molar refractivity (Wildman–Crippen MR) is 152 cm³/mol. The Morgan fingerprint density at radius 3 is 2.39 bits per heavy atom. The molecule has 13 heteroatoms. The number of rotatable bonds is 6. The van der Waals surface area contributed by atoms with Crippen molar-refractivity contribution in [3.63, 3.8) is 0 Å². The van der Waals surface area contributed by atoms with Crippen molar-refractivity contribution in [2.24, 2.45) is 7.05 Å². The van der Waals surface area contributed by atoms with Crippen LogP contribution in [0.2, 0.25) is 0 Å². The summed E-state index contributed by atoms with van der Waals surface area (Å²) in [6, 6.07) is 7.84. The molecule has 2 aliphatic heterocycles. The van der Waals surface area contributed by atoms with Crippen LogP contribution in [0.3, 0.4) is 0 Å². The van der Waals surface area contributed by atoms with Gasteiger partial charge in [-0.05, 0) is 19.1 Å². The van der Waals surface area contributed by atoms with Gasteiger partial charge in [0.1, 0.15) is 11.9 Å². The lowest BCUT2D eigenvalue weighted by Crippen LogP contribution is -2.50. The molecule has 0 N–H and O–H groups in total. The SMILES string of the molecule is CCC(=O)N1CCN(C(=O)c2nc3c(N4CCOCC4)nc(-n4c([C@H](C)OC)nc5ccccc54)nc3n2C)CC1. The van der Waals surface area contributed by atoms with Crippen molar-refractivity contribution < 1.29 is 19.1 Å². The molecule has 216 valence electrons. The van der Waals surface area contributed by atoms with Gasteiger partial charge in [0.25, 0.3) is 5.91 Å². The second-order valence-electron chi connectivity index (χ2n) is 10.3. The number of aryl methyl sites for hydroxylation is 1. The van der Waals surface area contributed by atoms with E-state index in [0.717, 1.165) is 11.0 Å². The van der Waals surface area contributed by atoms with Gasteiger partial charge in [0, 0.05) is 59.8 Å². The van der Waals surface area contributed by atoms with E-state index in [9.17, 15) is 9.59 Å². The van der Waals surface area contributed by atoms with E-state index in [0.29, 0.717) is 87.7 Å². The van der Waals surface area contributed by atoms with Gasteiger partial charge in [-0.3, -0.25) is 14.2 Å². The van der Waals surface area contributed by atoms with E-state index in [-0.39, 0.29) is 23.7 Å². The number of anilines is 1. The van der Waals surface area contributed by atoms with Crippen molar-refractivity contribution >= 4 is 39.8 Å². The van der Waals surface area contributed by atoms with Crippen molar-refractivity contribution in [2.75, 3.05) is 64.5 Å². The van der Waals surface area contributed by atoms with Gasteiger partial charge in [0.2, 0.25) is 17.7 Å². The third-order valence-electron chi connectivity index (χ3n) is 7.92. The smallest absolute Gasteiger partial charge is 0.290 e. The first-order valence-corrected chi connectivity index (χ1v) is 14.1. The van der Waals surface area contributed by atoms with E-state index < -0.39 is 0 Å². The molecule has 5 heterocycles. The van der Waals surface area contributed by atoms with E-state index >= 15 is 0 Å². The first-order valence-electron chi connectivity index (χ1n) is 14.1. The maximum Gasteiger partial charge on any atom is 0.290 e. The Hall–Kier alpha value is -4.10. The molecule has 0 radical (unpaired) electrons. The summed E-state index contributed by atoms with van der Waals surface area (Å²) in [5, 5.41) is 0. The van der Waals surface area contributed by atoms with Gasteiger partial charge in [0.15, 0.2) is 17.0 Å². The minimum Gasteiger partial charge on any atom is -0.378 e. The molecule has 0 bridgehead atoms. The Bertz CT molecular complexity index is 1600. The Labute approximate surface area is 237 Å². The lowest BCUT2D eigenvalue weighted by atomic mass is 10.2. The Balaban J connectivity index is 1.47. The molecule has 3 aromatic heterocycles. The van der Waals surface area contributed by atoms with Crippen LogP contribution in [0.15, 0.2) is 24.3 Å². The predicted octanol–water partition coefficient (Wildman–Crippen LogP) is 1.94. The zero-order valence-corrected chi connectivity index (χ0v) is 23.9. The van der Waals surface area contributed by atoms with Gasteiger partial charge in [-0.1, -0.05) is 19.1 Å². The summed E-state index contributed by atoms with van der Waals surface area (Å²) in [5.74, 6) is 1.96. The second kappa shape index (κ2) is 11.1. The number of carbonyl (C=O) groups is 2. The fourth-order valence-corrected chi connectivity index (χ4v) is 5.48. The molecule has 2 saturated heterocycles. The van der Waals surface area contributed by atoms with Crippen LogP contribution >= 0.6 is 0 Å². The number of imidazole rings is 2. The Morgan fingerprint density at radius 2 is 1.68 bits per heavy atom. The van der Waals surface area contributed by atoms with Crippen molar-refractivity contribution in [3.05, 3.63) is 35.9 Å². The monoisotopic (exact) mass is 561 g/mol. The maximum atomic E-state index is 13.7. The average Bonchev–Trinajstić information content (AvgIpc) is 3.58. The number of aromatic nitrogens is 6. The highest BCUT2D eigenvalue weighted by molar-refractivity contribution is 5.97. The number of ether oxygens (including phenoxy) is 2. The zero-order chi connectivity index (χ0) is 28.7. The van der Waals surface area contributed by atoms with E-state index in [1.807, 2.05) is 49.7 Å². The number of hydrogen-bond donors (Lipinski definition) is 0. The minimum atomic E-state index is -0.310. The summed E-state index contributed by atoms with van der Waals surface area (Å²) in [5.41, 5.74) is 2.78. The van der Waals surface area contributed by atoms with Crippen molar-refractivity contribution in [3.8, 4) is 5.95 Å². The van der Waals surface area contributed by atoms with Crippen LogP contribution in [0.5, 0.6) is 0 Å². The summed E-state index contributed by atoms with van der Waals surface area (Å²) < 4.78 is 14.9. The van der Waals surface area contributed by atoms with E-state index in [1.54, 1.807) is 21.5 Å². The van der Waals surface area contributed by atoms with Crippen LogP contribution in [-0.4, -0.2) is 110 Å². The number of amides is 2. The van der Waals surface area contributed by atoms with Gasteiger partial charge in [-0.25, -0.2) is 9.97 Å². The lowest BCUT2D eigenvalue weighted by Gasteiger charge is -2.34. The fraction of sp³-hybridized carbons (Fsp3) is 0.500. The van der Waals surface area contributed by atoms with Gasteiger partial charge >= 0.3 is 0 Å². The number of morpholine rings is 1. The molecular weight excluding hydrogens is 526 g/mol. The summed E-state index contributed by atoms with van der Waals surface area (Å²) >= 11 is 0. The molecule has 6 rings (SSSR count). The number of hydrogen-bond acceptors (Lipinski definition) is 9. The molecule has 4 aromatic rings. The van der Waals surface area contributed by atoms with Crippen LogP contribution in [0, 0.1) is 0 Å². The summed E-state index contributed by atoms with van der Waals surface area (Å²) in [7, 11) is 3.46. The largest absolute Gasteiger partial charge is 0.378 e. The molecule has 41 heavy (non-hydrogen) atoms.